The van der Waals surface area contributed by atoms with Crippen molar-refractivity contribution >= 4 is 11.7 Å². The molecular formula is C15H19F2NO3. The lowest BCUT2D eigenvalue weighted by Crippen LogP contribution is -2.46. The highest BCUT2D eigenvalue weighted by Gasteiger charge is 2.35. The van der Waals surface area contributed by atoms with E-state index in [0.717, 1.165) is 18.9 Å². The highest BCUT2D eigenvalue weighted by Crippen LogP contribution is 2.35. The number of carbonyl (C=O) groups is 1. The molecule has 0 aromatic heterocycles. The Morgan fingerprint density at radius 2 is 2.14 bits per heavy atom. The predicted molar refractivity (Wildman–Crippen MR) is 74.4 cm³/mol. The molecule has 6 heteroatoms. The molecule has 2 atom stereocenters. The van der Waals surface area contributed by atoms with Gasteiger partial charge >= 0.3 is 5.97 Å². The molecule has 0 aliphatic heterocycles. The van der Waals surface area contributed by atoms with Gasteiger partial charge in [0, 0.05) is 0 Å². The first-order chi connectivity index (χ1) is 9.88. The summed E-state index contributed by atoms with van der Waals surface area (Å²) >= 11 is 0. The summed E-state index contributed by atoms with van der Waals surface area (Å²) in [6.07, 6.45) is 3.26. The maximum atomic E-state index is 14.0. The number of nitrogens with one attached hydrogen (secondary N) is 1. The van der Waals surface area contributed by atoms with Crippen LogP contribution in [0.3, 0.4) is 0 Å². The average molecular weight is 299 g/mol. The largest absolute Gasteiger partial charge is 0.478 e. The number of aromatic carboxylic acids is 1. The first-order valence-corrected chi connectivity index (χ1v) is 6.99. The Labute approximate surface area is 121 Å². The molecule has 2 unspecified atom stereocenters. The first kappa shape index (κ1) is 15.7. The summed E-state index contributed by atoms with van der Waals surface area (Å²) in [6.45, 7) is 1.87. The number of aliphatic hydroxyl groups is 1. The normalized spacial score (nSPS) is 25.6. The molecule has 3 N–H and O–H groups in total. The summed E-state index contributed by atoms with van der Waals surface area (Å²) in [5, 5.41) is 21.3. The Morgan fingerprint density at radius 1 is 1.43 bits per heavy atom. The van der Waals surface area contributed by atoms with Crippen molar-refractivity contribution < 1.29 is 23.8 Å². The molecule has 0 amide bonds. The van der Waals surface area contributed by atoms with E-state index in [1.807, 2.05) is 0 Å². The summed E-state index contributed by atoms with van der Waals surface area (Å²) in [5.74, 6) is -3.74. The van der Waals surface area contributed by atoms with E-state index in [4.69, 9.17) is 5.11 Å². The standard InChI is InChI=1S/C15H19F2NO3/c1-9-3-2-6-15(7-9,8-19)18-11-5-4-10(14(20)21)12(16)13(11)17/h4-5,9,18-19H,2-3,6-8H2,1H3,(H,20,21). The van der Waals surface area contributed by atoms with E-state index in [1.54, 1.807) is 0 Å². The van der Waals surface area contributed by atoms with E-state index in [2.05, 4.69) is 12.2 Å². The minimum atomic E-state index is -1.51. The van der Waals surface area contributed by atoms with Gasteiger partial charge in [0.15, 0.2) is 11.6 Å². The topological polar surface area (TPSA) is 69.6 Å². The molecule has 1 aliphatic rings. The van der Waals surface area contributed by atoms with Gasteiger partial charge in [-0.1, -0.05) is 19.8 Å². The molecule has 0 heterocycles. The van der Waals surface area contributed by atoms with Crippen LogP contribution < -0.4 is 5.32 Å². The van der Waals surface area contributed by atoms with Gasteiger partial charge in [-0.25, -0.2) is 13.6 Å². The fraction of sp³-hybridized carbons (Fsp3) is 0.533. The van der Waals surface area contributed by atoms with Crippen LogP contribution in [0.25, 0.3) is 0 Å². The molecule has 1 saturated carbocycles. The van der Waals surface area contributed by atoms with Crippen LogP contribution in [-0.4, -0.2) is 28.3 Å². The molecule has 4 nitrogen and oxygen atoms in total. The highest BCUT2D eigenvalue weighted by atomic mass is 19.2. The molecule has 1 aliphatic carbocycles. The fourth-order valence-corrected chi connectivity index (χ4v) is 3.05. The van der Waals surface area contributed by atoms with Gasteiger partial charge in [-0.3, -0.25) is 0 Å². The Morgan fingerprint density at radius 3 is 2.71 bits per heavy atom. The maximum absolute atomic E-state index is 14.0. The smallest absolute Gasteiger partial charge is 0.338 e. The highest BCUT2D eigenvalue weighted by molar-refractivity contribution is 5.88. The Kier molecular flexibility index (Phi) is 4.46. The van der Waals surface area contributed by atoms with Gasteiger partial charge in [0.2, 0.25) is 0 Å². The average Bonchev–Trinajstić information content (AvgIpc) is 2.44. The summed E-state index contributed by atoms with van der Waals surface area (Å²) in [5.41, 5.74) is -1.50. The maximum Gasteiger partial charge on any atom is 0.338 e. The van der Waals surface area contributed by atoms with Crippen LogP contribution in [-0.2, 0) is 0 Å². The van der Waals surface area contributed by atoms with Crippen molar-refractivity contribution in [1.82, 2.24) is 0 Å². The van der Waals surface area contributed by atoms with Gasteiger partial charge in [-0.2, -0.15) is 0 Å². The number of carboxylic acids is 1. The van der Waals surface area contributed by atoms with Crippen LogP contribution in [0.5, 0.6) is 0 Å². The van der Waals surface area contributed by atoms with Crippen LogP contribution in [0, 0.1) is 17.6 Å². The molecule has 2 rings (SSSR count). The van der Waals surface area contributed by atoms with E-state index in [0.29, 0.717) is 18.8 Å². The van der Waals surface area contributed by atoms with Crippen molar-refractivity contribution in [2.24, 2.45) is 5.92 Å². The molecule has 1 fully saturated rings. The van der Waals surface area contributed by atoms with E-state index in [1.165, 1.54) is 6.07 Å². The van der Waals surface area contributed by atoms with Gasteiger partial charge in [0.25, 0.3) is 0 Å². The number of anilines is 1. The Bertz CT molecular complexity index is 550. The minimum absolute atomic E-state index is 0.111. The number of hydrogen-bond donors (Lipinski definition) is 3. The van der Waals surface area contributed by atoms with E-state index >= 15 is 0 Å². The molecule has 0 radical (unpaired) electrons. The molecular weight excluding hydrogens is 280 g/mol. The van der Waals surface area contributed by atoms with Crippen molar-refractivity contribution in [3.05, 3.63) is 29.3 Å². The van der Waals surface area contributed by atoms with Crippen molar-refractivity contribution in [3.8, 4) is 0 Å². The zero-order valence-electron chi connectivity index (χ0n) is 11.8. The first-order valence-electron chi connectivity index (χ1n) is 6.99. The number of halogens is 2. The van der Waals surface area contributed by atoms with Gasteiger partial charge in [-0.05, 0) is 30.9 Å². The van der Waals surface area contributed by atoms with Crippen LogP contribution in [0.1, 0.15) is 43.0 Å². The van der Waals surface area contributed by atoms with Crippen molar-refractivity contribution in [1.29, 1.82) is 0 Å². The second kappa shape index (κ2) is 5.97. The zero-order valence-corrected chi connectivity index (χ0v) is 11.8. The quantitative estimate of drug-likeness (QED) is 0.799. The number of benzene rings is 1. The lowest BCUT2D eigenvalue weighted by atomic mass is 9.76. The molecule has 0 saturated heterocycles. The fourth-order valence-electron chi connectivity index (χ4n) is 3.05. The van der Waals surface area contributed by atoms with Crippen molar-refractivity contribution in [3.63, 3.8) is 0 Å². The van der Waals surface area contributed by atoms with Crippen molar-refractivity contribution in [2.45, 2.75) is 38.1 Å². The molecule has 116 valence electrons. The molecule has 0 spiro atoms. The predicted octanol–water partition coefficient (Wildman–Crippen LogP) is 3.02. The SMILES string of the molecule is CC1CCCC(CO)(Nc2ccc(C(=O)O)c(F)c2F)C1. The van der Waals surface area contributed by atoms with Crippen molar-refractivity contribution in [2.75, 3.05) is 11.9 Å². The lowest BCUT2D eigenvalue weighted by Gasteiger charge is -2.40. The molecule has 21 heavy (non-hydrogen) atoms. The minimum Gasteiger partial charge on any atom is -0.478 e. The summed E-state index contributed by atoms with van der Waals surface area (Å²) < 4.78 is 27.7. The van der Waals surface area contributed by atoms with Crippen LogP contribution >= 0.6 is 0 Å². The Balaban J connectivity index is 2.30. The van der Waals surface area contributed by atoms with Gasteiger partial charge in [0.05, 0.1) is 23.4 Å². The summed E-state index contributed by atoms with van der Waals surface area (Å²) in [4.78, 5) is 10.8. The van der Waals surface area contributed by atoms with Gasteiger partial charge in [0.1, 0.15) is 0 Å². The third-order valence-corrected chi connectivity index (χ3v) is 4.11. The number of hydrogen-bond acceptors (Lipinski definition) is 3. The van der Waals surface area contributed by atoms with Crippen LogP contribution in [0.4, 0.5) is 14.5 Å². The monoisotopic (exact) mass is 299 g/mol. The summed E-state index contributed by atoms with van der Waals surface area (Å²) in [7, 11) is 0. The third-order valence-electron chi connectivity index (χ3n) is 4.11. The second-order valence-electron chi connectivity index (χ2n) is 5.86. The van der Waals surface area contributed by atoms with E-state index < -0.39 is 28.7 Å². The Hall–Kier alpha value is -1.69. The molecule has 0 bridgehead atoms. The lowest BCUT2D eigenvalue weighted by molar-refractivity contribution is 0.0690. The van der Waals surface area contributed by atoms with Crippen LogP contribution in [0.15, 0.2) is 12.1 Å². The molecule has 1 aromatic carbocycles. The second-order valence-corrected chi connectivity index (χ2v) is 5.86. The van der Waals surface area contributed by atoms with Crippen LogP contribution in [0.2, 0.25) is 0 Å². The van der Waals surface area contributed by atoms with E-state index in [9.17, 15) is 18.7 Å². The third kappa shape index (κ3) is 3.15. The zero-order chi connectivity index (χ0) is 15.6. The van der Waals surface area contributed by atoms with Gasteiger partial charge < -0.3 is 15.5 Å². The van der Waals surface area contributed by atoms with E-state index in [-0.39, 0.29) is 12.3 Å². The molecule has 1 aromatic rings. The van der Waals surface area contributed by atoms with Gasteiger partial charge in [-0.15, -0.1) is 0 Å². The number of aliphatic hydroxyl groups excluding tert-OH is 1. The summed E-state index contributed by atoms with van der Waals surface area (Å²) in [6, 6.07) is 2.24. The number of rotatable bonds is 4. The number of carboxylic acid groups (broad SMARTS) is 1.